The van der Waals surface area contributed by atoms with Crippen LogP contribution in [0, 0.1) is 0 Å². The largest absolute Gasteiger partial charge is 0.508 e. The molecule has 5 nitrogen and oxygen atoms in total. The molecule has 0 amide bonds. The molecule has 0 aromatic heterocycles. The Hall–Kier alpha value is -1.75. The van der Waals surface area contributed by atoms with Crippen LogP contribution in [0.1, 0.15) is 0 Å². The normalized spacial score (nSPS) is 9.62. The monoisotopic (exact) mass is 183 g/mol. The Bertz CT molecular complexity index is 304. The van der Waals surface area contributed by atoms with E-state index in [9.17, 15) is 4.79 Å². The maximum atomic E-state index is 10.7. The van der Waals surface area contributed by atoms with Crippen LogP contribution in [0.3, 0.4) is 0 Å². The number of phenols is 2. The zero-order valence-corrected chi connectivity index (χ0v) is 6.73. The third-order valence-electron chi connectivity index (χ3n) is 1.27. The molecule has 4 N–H and O–H groups in total. The molecule has 13 heavy (non-hydrogen) atoms. The van der Waals surface area contributed by atoms with Gasteiger partial charge in [0.25, 0.3) is 0 Å². The number of hydrogen-bond donors (Lipinski definition) is 3. The molecule has 0 heterocycles. The van der Waals surface area contributed by atoms with E-state index in [1.54, 1.807) is 0 Å². The van der Waals surface area contributed by atoms with Crippen molar-refractivity contribution in [2.45, 2.75) is 0 Å². The lowest BCUT2D eigenvalue weighted by Gasteiger charge is -2.03. The van der Waals surface area contributed by atoms with Crippen molar-refractivity contribution >= 4 is 5.97 Å². The zero-order valence-electron chi connectivity index (χ0n) is 6.73. The van der Waals surface area contributed by atoms with E-state index in [1.165, 1.54) is 12.1 Å². The van der Waals surface area contributed by atoms with Crippen molar-refractivity contribution in [2.75, 3.05) is 6.54 Å². The van der Waals surface area contributed by atoms with E-state index in [-0.39, 0.29) is 23.8 Å². The first kappa shape index (κ1) is 9.34. The third-order valence-corrected chi connectivity index (χ3v) is 1.27. The predicted octanol–water partition coefficient (Wildman–Crippen LogP) is -0.0381. The molecule has 5 heteroatoms. The molecule has 1 aromatic carbocycles. The predicted molar refractivity (Wildman–Crippen MR) is 44.5 cm³/mol. The number of phenolic OH excluding ortho intramolecular Hbond substituents is 2. The molecular weight excluding hydrogens is 174 g/mol. The van der Waals surface area contributed by atoms with Gasteiger partial charge in [-0.15, -0.1) is 0 Å². The molecule has 0 aliphatic heterocycles. The van der Waals surface area contributed by atoms with Gasteiger partial charge in [0.2, 0.25) is 0 Å². The molecule has 0 spiro atoms. The van der Waals surface area contributed by atoms with Gasteiger partial charge < -0.3 is 20.7 Å². The van der Waals surface area contributed by atoms with Crippen LogP contribution >= 0.6 is 0 Å². The van der Waals surface area contributed by atoms with Gasteiger partial charge in [0.1, 0.15) is 17.2 Å². The SMILES string of the molecule is NCC(=O)Oc1cc(O)cc(O)c1. The summed E-state index contributed by atoms with van der Waals surface area (Å²) in [5, 5.41) is 18.0. The van der Waals surface area contributed by atoms with Crippen LogP contribution in [0.15, 0.2) is 18.2 Å². The summed E-state index contributed by atoms with van der Waals surface area (Å²) in [5.41, 5.74) is 5.00. The molecular formula is C8H9NO4. The summed E-state index contributed by atoms with van der Waals surface area (Å²) in [5.74, 6) is -0.933. The summed E-state index contributed by atoms with van der Waals surface area (Å²) in [6.07, 6.45) is 0. The highest BCUT2D eigenvalue weighted by Crippen LogP contribution is 2.25. The van der Waals surface area contributed by atoms with Crippen molar-refractivity contribution in [3.8, 4) is 17.2 Å². The van der Waals surface area contributed by atoms with Crippen LogP contribution in [0.4, 0.5) is 0 Å². The second kappa shape index (κ2) is 3.77. The molecule has 0 aliphatic carbocycles. The third kappa shape index (κ3) is 2.64. The minimum Gasteiger partial charge on any atom is -0.508 e. The van der Waals surface area contributed by atoms with Gasteiger partial charge >= 0.3 is 5.97 Å². The van der Waals surface area contributed by atoms with Crippen LogP contribution in [-0.4, -0.2) is 22.7 Å². The van der Waals surface area contributed by atoms with E-state index >= 15 is 0 Å². The van der Waals surface area contributed by atoms with E-state index in [1.807, 2.05) is 0 Å². The summed E-state index contributed by atoms with van der Waals surface area (Å²) < 4.78 is 4.64. The number of esters is 1. The smallest absolute Gasteiger partial charge is 0.325 e. The molecule has 0 bridgehead atoms. The first-order valence-electron chi connectivity index (χ1n) is 3.55. The fraction of sp³-hybridized carbons (Fsp3) is 0.125. The molecule has 0 saturated heterocycles. The van der Waals surface area contributed by atoms with Crippen molar-refractivity contribution in [1.82, 2.24) is 0 Å². The van der Waals surface area contributed by atoms with Crippen molar-refractivity contribution in [3.05, 3.63) is 18.2 Å². The van der Waals surface area contributed by atoms with Crippen molar-refractivity contribution < 1.29 is 19.7 Å². The number of carbonyl (C=O) groups is 1. The lowest BCUT2D eigenvalue weighted by atomic mass is 10.3. The molecule has 70 valence electrons. The first-order valence-corrected chi connectivity index (χ1v) is 3.55. The number of aromatic hydroxyl groups is 2. The Labute approximate surface area is 74.4 Å². The van der Waals surface area contributed by atoms with Crippen LogP contribution in [0.5, 0.6) is 17.2 Å². The number of rotatable bonds is 2. The van der Waals surface area contributed by atoms with Crippen LogP contribution in [-0.2, 0) is 4.79 Å². The number of nitrogens with two attached hydrogens (primary N) is 1. The van der Waals surface area contributed by atoms with E-state index in [4.69, 9.17) is 15.9 Å². The van der Waals surface area contributed by atoms with Gasteiger partial charge in [0, 0.05) is 18.2 Å². The average Bonchev–Trinajstić information content (AvgIpc) is 2.02. The molecule has 0 aliphatic rings. The average molecular weight is 183 g/mol. The van der Waals surface area contributed by atoms with E-state index in [0.29, 0.717) is 0 Å². The van der Waals surface area contributed by atoms with Gasteiger partial charge in [-0.1, -0.05) is 0 Å². The summed E-state index contributed by atoms with van der Waals surface area (Å²) in [6.45, 7) is -0.254. The Morgan fingerprint density at radius 3 is 2.31 bits per heavy atom. The van der Waals surface area contributed by atoms with Crippen LogP contribution in [0.25, 0.3) is 0 Å². The second-order valence-corrected chi connectivity index (χ2v) is 2.36. The molecule has 0 unspecified atom stereocenters. The minimum absolute atomic E-state index is 0.0629. The van der Waals surface area contributed by atoms with Crippen molar-refractivity contribution in [1.29, 1.82) is 0 Å². The first-order chi connectivity index (χ1) is 6.11. The fourth-order valence-corrected chi connectivity index (χ4v) is 0.800. The number of ether oxygens (including phenoxy) is 1. The minimum atomic E-state index is -0.634. The molecule has 0 radical (unpaired) electrons. The quantitative estimate of drug-likeness (QED) is 0.442. The fourth-order valence-electron chi connectivity index (χ4n) is 0.800. The molecule has 0 atom stereocenters. The van der Waals surface area contributed by atoms with E-state index in [0.717, 1.165) is 6.07 Å². The lowest BCUT2D eigenvalue weighted by molar-refractivity contribution is -0.132. The number of hydrogen-bond acceptors (Lipinski definition) is 5. The van der Waals surface area contributed by atoms with Crippen LogP contribution < -0.4 is 10.5 Å². The highest BCUT2D eigenvalue weighted by molar-refractivity contribution is 5.74. The number of benzene rings is 1. The maximum absolute atomic E-state index is 10.7. The standard InChI is InChI=1S/C8H9NO4/c9-4-8(12)13-7-2-5(10)1-6(11)3-7/h1-3,10-11H,4,9H2. The van der Waals surface area contributed by atoms with Gasteiger partial charge in [-0.3, -0.25) is 4.79 Å². The summed E-state index contributed by atoms with van der Waals surface area (Å²) in [4.78, 5) is 10.7. The van der Waals surface area contributed by atoms with Gasteiger partial charge in [0.05, 0.1) is 6.54 Å². The molecule has 0 saturated carbocycles. The topological polar surface area (TPSA) is 92.8 Å². The second-order valence-electron chi connectivity index (χ2n) is 2.36. The Balaban J connectivity index is 2.83. The van der Waals surface area contributed by atoms with E-state index in [2.05, 4.69) is 4.74 Å². The maximum Gasteiger partial charge on any atom is 0.325 e. The van der Waals surface area contributed by atoms with Crippen molar-refractivity contribution in [2.24, 2.45) is 5.73 Å². The summed E-state index contributed by atoms with van der Waals surface area (Å²) in [7, 11) is 0. The number of carbonyl (C=O) groups excluding carboxylic acids is 1. The van der Waals surface area contributed by atoms with Gasteiger partial charge in [-0.05, 0) is 0 Å². The van der Waals surface area contributed by atoms with Crippen LogP contribution in [0.2, 0.25) is 0 Å². The van der Waals surface area contributed by atoms with E-state index < -0.39 is 5.97 Å². The van der Waals surface area contributed by atoms with Crippen molar-refractivity contribution in [3.63, 3.8) is 0 Å². The summed E-state index contributed by atoms with van der Waals surface area (Å²) >= 11 is 0. The zero-order chi connectivity index (χ0) is 9.84. The molecule has 0 fully saturated rings. The highest BCUT2D eigenvalue weighted by Gasteiger charge is 2.04. The van der Waals surface area contributed by atoms with Gasteiger partial charge in [0.15, 0.2) is 0 Å². The highest BCUT2D eigenvalue weighted by atomic mass is 16.5. The van der Waals surface area contributed by atoms with Gasteiger partial charge in [-0.2, -0.15) is 0 Å². The molecule has 1 rings (SSSR count). The van der Waals surface area contributed by atoms with Gasteiger partial charge in [-0.25, -0.2) is 0 Å². The Morgan fingerprint density at radius 2 is 1.85 bits per heavy atom. The lowest BCUT2D eigenvalue weighted by Crippen LogP contribution is -2.19. The Morgan fingerprint density at radius 1 is 1.31 bits per heavy atom. The summed E-state index contributed by atoms with van der Waals surface area (Å²) in [6, 6.07) is 3.53. The molecule has 1 aromatic rings. The Kier molecular flexibility index (Phi) is 2.71.